The molecular weight excluding hydrogens is 407 g/mol. The zero-order valence-electron chi connectivity index (χ0n) is 18.4. The van der Waals surface area contributed by atoms with Gasteiger partial charge in [-0.25, -0.2) is 4.39 Å². The number of aryl methyl sites for hydroxylation is 2. The van der Waals surface area contributed by atoms with Crippen LogP contribution in [0.25, 0.3) is 0 Å². The van der Waals surface area contributed by atoms with Gasteiger partial charge in [-0.05, 0) is 79.3 Å². The van der Waals surface area contributed by atoms with Crippen LogP contribution in [0.1, 0.15) is 53.0 Å². The van der Waals surface area contributed by atoms with E-state index >= 15 is 0 Å². The quantitative estimate of drug-likeness (QED) is 0.723. The zero-order valence-corrected chi connectivity index (χ0v) is 18.4. The molecule has 0 saturated heterocycles. The topological polar surface area (TPSA) is 85.3 Å². The van der Waals surface area contributed by atoms with E-state index < -0.39 is 5.92 Å². The van der Waals surface area contributed by atoms with Crippen LogP contribution in [0.4, 0.5) is 4.39 Å². The van der Waals surface area contributed by atoms with Crippen LogP contribution in [0.3, 0.4) is 0 Å². The van der Waals surface area contributed by atoms with Crippen molar-refractivity contribution in [2.24, 2.45) is 5.73 Å². The van der Waals surface area contributed by atoms with Crippen LogP contribution in [0, 0.1) is 37.9 Å². The van der Waals surface area contributed by atoms with Crippen molar-refractivity contribution in [2.75, 3.05) is 0 Å². The van der Waals surface area contributed by atoms with Crippen molar-refractivity contribution in [1.29, 1.82) is 5.26 Å². The Bertz CT molecular complexity index is 1200. The summed E-state index contributed by atoms with van der Waals surface area (Å²) in [5, 5.41) is 9.89. The van der Waals surface area contributed by atoms with Gasteiger partial charge in [0.25, 0.3) is 0 Å². The first-order valence-corrected chi connectivity index (χ1v) is 10.6. The number of allylic oxidation sites excluding steroid dienone is 3. The lowest BCUT2D eigenvalue weighted by Crippen LogP contribution is -2.28. The number of hydrogen-bond acceptors (Lipinski definition) is 5. The fourth-order valence-electron chi connectivity index (χ4n) is 4.74. The first-order chi connectivity index (χ1) is 15.3. The Morgan fingerprint density at radius 3 is 2.59 bits per heavy atom. The first-order valence-electron chi connectivity index (χ1n) is 10.6. The molecule has 0 fully saturated rings. The third-order valence-corrected chi connectivity index (χ3v) is 6.28. The number of nitriles is 1. The molecule has 2 aromatic rings. The molecule has 0 spiro atoms. The van der Waals surface area contributed by atoms with Crippen molar-refractivity contribution in [3.8, 4) is 11.8 Å². The number of nitrogens with two attached hydrogens (primary N) is 1. The highest BCUT2D eigenvalue weighted by atomic mass is 19.1. The van der Waals surface area contributed by atoms with Gasteiger partial charge in [-0.1, -0.05) is 6.07 Å². The number of ketones is 1. The minimum Gasteiger partial charge on any atom is -0.489 e. The average molecular weight is 432 g/mol. The van der Waals surface area contributed by atoms with E-state index in [9.17, 15) is 14.4 Å². The normalized spacial score (nSPS) is 18.2. The number of ether oxygens (including phenoxy) is 2. The second-order valence-corrected chi connectivity index (χ2v) is 8.31. The molecule has 1 atom stereocenters. The van der Waals surface area contributed by atoms with E-state index in [2.05, 4.69) is 6.07 Å². The van der Waals surface area contributed by atoms with Crippen molar-refractivity contribution in [2.45, 2.75) is 52.6 Å². The molecule has 32 heavy (non-hydrogen) atoms. The van der Waals surface area contributed by atoms with Gasteiger partial charge in [0, 0.05) is 18.4 Å². The molecule has 0 unspecified atom stereocenters. The van der Waals surface area contributed by atoms with Crippen molar-refractivity contribution in [3.63, 3.8) is 0 Å². The molecule has 6 heteroatoms. The molecule has 1 heterocycles. The van der Waals surface area contributed by atoms with E-state index in [-0.39, 0.29) is 29.7 Å². The molecule has 0 saturated carbocycles. The Kier molecular flexibility index (Phi) is 5.75. The lowest BCUT2D eigenvalue weighted by Gasteiger charge is -2.33. The predicted octanol–water partition coefficient (Wildman–Crippen LogP) is 5.14. The molecule has 164 valence electrons. The summed E-state index contributed by atoms with van der Waals surface area (Å²) in [6.45, 7) is 6.24. The number of carbonyl (C=O) groups is 1. The van der Waals surface area contributed by atoms with Gasteiger partial charge < -0.3 is 15.2 Å². The number of carbonyl (C=O) groups excluding carboxylic acids is 1. The Morgan fingerprint density at radius 1 is 1.19 bits per heavy atom. The van der Waals surface area contributed by atoms with Crippen molar-refractivity contribution >= 4 is 5.78 Å². The molecule has 5 nitrogen and oxygen atoms in total. The van der Waals surface area contributed by atoms with Crippen LogP contribution in [-0.4, -0.2) is 5.78 Å². The fraction of sp³-hybridized carbons (Fsp3) is 0.308. The molecular formula is C26H25FN2O3. The summed E-state index contributed by atoms with van der Waals surface area (Å²) in [7, 11) is 0. The van der Waals surface area contributed by atoms with E-state index in [0.29, 0.717) is 36.3 Å². The molecule has 0 bridgehead atoms. The summed E-state index contributed by atoms with van der Waals surface area (Å²) in [4.78, 5) is 12.9. The molecule has 2 aromatic carbocycles. The maximum Gasteiger partial charge on any atom is 0.205 e. The van der Waals surface area contributed by atoms with E-state index in [1.807, 2.05) is 26.8 Å². The molecule has 0 amide bonds. The van der Waals surface area contributed by atoms with Crippen molar-refractivity contribution < 1.29 is 18.7 Å². The lowest BCUT2D eigenvalue weighted by atomic mass is 9.74. The van der Waals surface area contributed by atoms with Crippen LogP contribution in [-0.2, 0) is 16.1 Å². The lowest BCUT2D eigenvalue weighted by molar-refractivity contribution is -0.116. The van der Waals surface area contributed by atoms with Gasteiger partial charge in [0.05, 0.1) is 5.92 Å². The number of rotatable bonds is 4. The minimum atomic E-state index is -0.554. The maximum absolute atomic E-state index is 13.2. The van der Waals surface area contributed by atoms with Gasteiger partial charge in [-0.3, -0.25) is 4.79 Å². The highest BCUT2D eigenvalue weighted by Gasteiger charge is 2.39. The molecule has 2 aliphatic rings. The highest BCUT2D eigenvalue weighted by molar-refractivity contribution is 5.99. The summed E-state index contributed by atoms with van der Waals surface area (Å²) >= 11 is 0. The van der Waals surface area contributed by atoms with Crippen LogP contribution in [0.2, 0.25) is 0 Å². The standard InChI is InChI=1S/C26H25FN2O3/c1-14-11-15(2)23(16(3)20(14)13-31-18-9-7-17(27)8-10-18)24-19(12-28)26(29)32-22-6-4-5-21(30)25(22)24/h7-11,24H,4-6,13,29H2,1-3H3/t24-/m0/s1. The molecule has 1 aliphatic carbocycles. The smallest absolute Gasteiger partial charge is 0.205 e. The Balaban J connectivity index is 1.81. The first kappa shape index (κ1) is 21.6. The number of halogens is 1. The third-order valence-electron chi connectivity index (χ3n) is 6.28. The zero-order chi connectivity index (χ0) is 23.0. The van der Waals surface area contributed by atoms with Crippen LogP contribution < -0.4 is 10.5 Å². The highest BCUT2D eigenvalue weighted by Crippen LogP contribution is 2.46. The molecule has 1 aliphatic heterocycles. The monoisotopic (exact) mass is 432 g/mol. The summed E-state index contributed by atoms with van der Waals surface area (Å²) in [5.74, 6) is 0.326. The summed E-state index contributed by atoms with van der Waals surface area (Å²) in [6, 6.07) is 10.1. The van der Waals surface area contributed by atoms with Gasteiger partial charge in [-0.15, -0.1) is 0 Å². The summed E-state index contributed by atoms with van der Waals surface area (Å²) < 4.78 is 24.8. The van der Waals surface area contributed by atoms with Gasteiger partial charge in [0.2, 0.25) is 5.88 Å². The number of benzene rings is 2. The second kappa shape index (κ2) is 8.51. The fourth-order valence-corrected chi connectivity index (χ4v) is 4.74. The van der Waals surface area contributed by atoms with Crippen LogP contribution in [0.15, 0.2) is 53.1 Å². The number of Topliss-reactive ketones (excluding diaryl/α,β-unsaturated/α-hetero) is 1. The number of nitrogens with zero attached hydrogens (tertiary/aromatic N) is 1. The third kappa shape index (κ3) is 3.75. The molecule has 0 radical (unpaired) electrons. The summed E-state index contributed by atoms with van der Waals surface area (Å²) in [5.41, 5.74) is 11.7. The maximum atomic E-state index is 13.2. The van der Waals surface area contributed by atoms with Crippen molar-refractivity contribution in [3.05, 3.63) is 86.8 Å². The average Bonchev–Trinajstić information content (AvgIpc) is 2.74. The second-order valence-electron chi connectivity index (χ2n) is 8.31. The van der Waals surface area contributed by atoms with E-state index in [1.54, 1.807) is 12.1 Å². The summed E-state index contributed by atoms with van der Waals surface area (Å²) in [6.07, 6.45) is 1.77. The van der Waals surface area contributed by atoms with Crippen molar-refractivity contribution in [1.82, 2.24) is 0 Å². The predicted molar refractivity (Wildman–Crippen MR) is 118 cm³/mol. The largest absolute Gasteiger partial charge is 0.489 e. The molecule has 0 aromatic heterocycles. The Labute approximate surface area is 186 Å². The van der Waals surface area contributed by atoms with Gasteiger partial charge >= 0.3 is 0 Å². The minimum absolute atomic E-state index is 0.0000119. The van der Waals surface area contributed by atoms with E-state index in [1.165, 1.54) is 12.1 Å². The number of hydrogen-bond donors (Lipinski definition) is 1. The van der Waals surface area contributed by atoms with Gasteiger partial charge in [0.15, 0.2) is 5.78 Å². The van der Waals surface area contributed by atoms with Gasteiger partial charge in [-0.2, -0.15) is 5.26 Å². The Morgan fingerprint density at radius 2 is 1.91 bits per heavy atom. The SMILES string of the molecule is Cc1cc(C)c([C@@H]2C(C#N)=C(N)OC3=C2C(=O)CCC3)c(C)c1COc1ccc(F)cc1. The van der Waals surface area contributed by atoms with E-state index in [0.717, 1.165) is 27.8 Å². The Hall–Kier alpha value is -3.59. The van der Waals surface area contributed by atoms with Crippen LogP contribution in [0.5, 0.6) is 5.75 Å². The molecule has 4 rings (SSSR count). The van der Waals surface area contributed by atoms with E-state index in [4.69, 9.17) is 15.2 Å². The van der Waals surface area contributed by atoms with Gasteiger partial charge in [0.1, 0.15) is 35.6 Å². The van der Waals surface area contributed by atoms with Crippen LogP contribution >= 0.6 is 0 Å². The molecule has 2 N–H and O–H groups in total.